The fourth-order valence-corrected chi connectivity index (χ4v) is 8.96. The van der Waals surface area contributed by atoms with Crippen LogP contribution in [0.4, 0.5) is 0 Å². The first-order chi connectivity index (χ1) is 19.5. The summed E-state index contributed by atoms with van der Waals surface area (Å²) in [6.45, 7) is 5.81. The number of carbonyl (C=O) groups excluding carboxylic acids is 2. The summed E-state index contributed by atoms with van der Waals surface area (Å²) < 4.78 is 7.05. The van der Waals surface area contributed by atoms with Gasteiger partial charge in [-0.2, -0.15) is 0 Å². The average Bonchev–Trinajstić information content (AvgIpc) is 3.47. The Kier molecular flexibility index (Phi) is 9.16. The summed E-state index contributed by atoms with van der Waals surface area (Å²) in [5.41, 5.74) is 0.392. The van der Waals surface area contributed by atoms with Crippen molar-refractivity contribution >= 4 is 11.7 Å². The van der Waals surface area contributed by atoms with E-state index in [0.29, 0.717) is 12.1 Å². The molecule has 0 aromatic carbocycles. The number of carbonyl (C=O) groups is 2. The number of Topliss-reactive ketones (excluding diaryl/α,β-unsaturated/α-hetero) is 1. The van der Waals surface area contributed by atoms with Crippen LogP contribution in [0.1, 0.15) is 77.0 Å². The third-order valence-electron chi connectivity index (χ3n) is 11.0. The van der Waals surface area contributed by atoms with Crippen molar-refractivity contribution in [3.8, 4) is 0 Å². The zero-order chi connectivity index (χ0) is 27.6. The van der Waals surface area contributed by atoms with Crippen LogP contribution in [-0.4, -0.2) is 110 Å². The Morgan fingerprint density at radius 1 is 1.00 bits per heavy atom. The second-order valence-electron chi connectivity index (χ2n) is 13.9. The van der Waals surface area contributed by atoms with E-state index in [4.69, 9.17) is 4.74 Å². The number of morpholine rings is 1. The van der Waals surface area contributed by atoms with Crippen LogP contribution in [0.5, 0.6) is 0 Å². The minimum absolute atomic E-state index is 0.00830. The lowest BCUT2D eigenvalue weighted by Crippen LogP contribution is -2.71. The molecule has 40 heavy (non-hydrogen) atoms. The van der Waals surface area contributed by atoms with Crippen molar-refractivity contribution in [1.82, 2.24) is 25.3 Å². The standard InChI is InChI=1S/C32H53N5O3/c1-35(2)15-6-5-13-33-26-12-11-24-29-31(26)40-28-20-23-10-4-3-9-22(23)19-27(28)37(29)21-25(30(24)38)32(39)34-14-18-36-16-7-8-17-36/h21-24,26-29,31,33H,3-20H2,1-2H3,(H,34,39). The Morgan fingerprint density at radius 3 is 2.55 bits per heavy atom. The van der Waals surface area contributed by atoms with Gasteiger partial charge in [-0.1, -0.05) is 25.7 Å². The van der Waals surface area contributed by atoms with E-state index in [1.807, 2.05) is 6.20 Å². The first-order valence-corrected chi connectivity index (χ1v) is 16.6. The molecule has 8 unspecified atom stereocenters. The maximum Gasteiger partial charge on any atom is 0.256 e. The second-order valence-corrected chi connectivity index (χ2v) is 13.9. The Labute approximate surface area is 241 Å². The molecule has 224 valence electrons. The largest absolute Gasteiger partial charge is 0.369 e. The molecule has 3 aliphatic carbocycles. The third-order valence-corrected chi connectivity index (χ3v) is 11.0. The van der Waals surface area contributed by atoms with Gasteiger partial charge in [0.15, 0.2) is 5.78 Å². The number of rotatable bonds is 10. The molecule has 8 heteroatoms. The van der Waals surface area contributed by atoms with E-state index in [2.05, 4.69) is 39.4 Å². The van der Waals surface area contributed by atoms with E-state index in [9.17, 15) is 9.59 Å². The maximum absolute atomic E-state index is 13.9. The van der Waals surface area contributed by atoms with Crippen molar-refractivity contribution in [1.29, 1.82) is 0 Å². The molecule has 3 saturated carbocycles. The second kappa shape index (κ2) is 12.8. The quantitative estimate of drug-likeness (QED) is 0.317. The van der Waals surface area contributed by atoms with Crippen LogP contribution < -0.4 is 10.6 Å². The van der Waals surface area contributed by atoms with E-state index in [1.165, 1.54) is 44.9 Å². The number of ether oxygens (including phenoxy) is 1. The molecule has 0 bridgehead atoms. The minimum atomic E-state index is -0.172. The number of hydrogen-bond donors (Lipinski definition) is 2. The molecule has 0 radical (unpaired) electrons. The molecule has 6 aliphatic rings. The zero-order valence-corrected chi connectivity index (χ0v) is 25.0. The average molecular weight is 556 g/mol. The number of likely N-dealkylation sites (tertiary alicyclic amines) is 1. The van der Waals surface area contributed by atoms with Gasteiger partial charge in [0, 0.05) is 31.2 Å². The molecule has 0 aromatic rings. The summed E-state index contributed by atoms with van der Waals surface area (Å²) in [4.78, 5) is 34.4. The van der Waals surface area contributed by atoms with Gasteiger partial charge in [-0.3, -0.25) is 9.59 Å². The predicted molar refractivity (Wildman–Crippen MR) is 157 cm³/mol. The van der Waals surface area contributed by atoms with Crippen LogP contribution in [0.3, 0.4) is 0 Å². The Bertz CT molecular complexity index is 934. The topological polar surface area (TPSA) is 77.2 Å². The van der Waals surface area contributed by atoms with Crippen LogP contribution in [0, 0.1) is 17.8 Å². The third kappa shape index (κ3) is 6.02. The number of unbranched alkanes of at least 4 members (excludes halogenated alkanes) is 1. The van der Waals surface area contributed by atoms with Crippen LogP contribution in [0.25, 0.3) is 0 Å². The van der Waals surface area contributed by atoms with E-state index in [1.54, 1.807) is 0 Å². The van der Waals surface area contributed by atoms with Crippen molar-refractivity contribution in [3.63, 3.8) is 0 Å². The number of amides is 1. The fourth-order valence-electron chi connectivity index (χ4n) is 8.96. The molecule has 3 aliphatic heterocycles. The summed E-state index contributed by atoms with van der Waals surface area (Å²) in [6, 6.07) is 0.593. The van der Waals surface area contributed by atoms with Gasteiger partial charge in [-0.15, -0.1) is 0 Å². The zero-order valence-electron chi connectivity index (χ0n) is 25.0. The molecule has 8 atom stereocenters. The highest BCUT2D eigenvalue weighted by molar-refractivity contribution is 6.20. The summed E-state index contributed by atoms with van der Waals surface area (Å²) in [5.74, 6) is 1.25. The first-order valence-electron chi connectivity index (χ1n) is 16.6. The molecule has 2 saturated heterocycles. The lowest BCUT2D eigenvalue weighted by molar-refractivity contribution is -0.200. The Hall–Kier alpha value is -1.48. The number of nitrogens with one attached hydrogen (secondary N) is 2. The van der Waals surface area contributed by atoms with Gasteiger partial charge in [0.2, 0.25) is 0 Å². The molecular formula is C32H53N5O3. The summed E-state index contributed by atoms with van der Waals surface area (Å²) in [7, 11) is 4.26. The molecule has 1 amide bonds. The fraction of sp³-hybridized carbons (Fsp3) is 0.875. The summed E-state index contributed by atoms with van der Waals surface area (Å²) in [6.07, 6.45) is 16.4. The van der Waals surface area contributed by atoms with Crippen molar-refractivity contribution in [3.05, 3.63) is 11.8 Å². The smallest absolute Gasteiger partial charge is 0.256 e. The van der Waals surface area contributed by atoms with Crippen LogP contribution in [-0.2, 0) is 14.3 Å². The van der Waals surface area contributed by atoms with Gasteiger partial charge < -0.3 is 30.1 Å². The molecule has 2 N–H and O–H groups in total. The summed E-state index contributed by atoms with van der Waals surface area (Å²) in [5, 5.41) is 6.96. The lowest BCUT2D eigenvalue weighted by Gasteiger charge is -2.60. The van der Waals surface area contributed by atoms with Gasteiger partial charge in [-0.05, 0) is 103 Å². The van der Waals surface area contributed by atoms with Crippen molar-refractivity contribution in [2.24, 2.45) is 17.8 Å². The number of ketones is 1. The number of hydrogen-bond acceptors (Lipinski definition) is 7. The van der Waals surface area contributed by atoms with E-state index >= 15 is 0 Å². The number of nitrogens with zero attached hydrogens (tertiary/aromatic N) is 3. The molecule has 0 spiro atoms. The first kappa shape index (κ1) is 28.6. The molecular weight excluding hydrogens is 502 g/mol. The molecule has 6 rings (SSSR count). The van der Waals surface area contributed by atoms with Crippen LogP contribution in [0.2, 0.25) is 0 Å². The van der Waals surface area contributed by atoms with Crippen molar-refractivity contribution in [2.45, 2.75) is 107 Å². The lowest BCUT2D eigenvalue weighted by atomic mass is 9.65. The molecule has 5 fully saturated rings. The van der Waals surface area contributed by atoms with Gasteiger partial charge in [0.25, 0.3) is 5.91 Å². The molecule has 0 aromatic heterocycles. The highest BCUT2D eigenvalue weighted by Crippen LogP contribution is 2.49. The van der Waals surface area contributed by atoms with Gasteiger partial charge in [0.1, 0.15) is 0 Å². The highest BCUT2D eigenvalue weighted by atomic mass is 16.5. The van der Waals surface area contributed by atoms with Crippen LogP contribution >= 0.6 is 0 Å². The van der Waals surface area contributed by atoms with E-state index < -0.39 is 0 Å². The highest BCUT2D eigenvalue weighted by Gasteiger charge is 2.57. The van der Waals surface area contributed by atoms with Crippen LogP contribution in [0.15, 0.2) is 11.8 Å². The SMILES string of the molecule is CN(C)CCCCNC1CCC2C(=O)C(C(=O)NCCN3CCCC3)=CN3C4CC5CCCCC5CC4OC1C23. The minimum Gasteiger partial charge on any atom is -0.369 e. The molecule has 8 nitrogen and oxygen atoms in total. The van der Waals surface area contributed by atoms with Crippen molar-refractivity contribution in [2.75, 3.05) is 53.4 Å². The molecule has 3 heterocycles. The van der Waals surface area contributed by atoms with Gasteiger partial charge in [-0.25, -0.2) is 0 Å². The monoisotopic (exact) mass is 555 g/mol. The number of fused-ring (bicyclic) bond motifs is 3. The predicted octanol–water partition coefficient (Wildman–Crippen LogP) is 2.78. The Morgan fingerprint density at radius 2 is 1.77 bits per heavy atom. The van der Waals surface area contributed by atoms with Gasteiger partial charge >= 0.3 is 0 Å². The van der Waals surface area contributed by atoms with Crippen molar-refractivity contribution < 1.29 is 14.3 Å². The van der Waals surface area contributed by atoms with Gasteiger partial charge in [0.05, 0.1) is 29.9 Å². The van der Waals surface area contributed by atoms with E-state index in [0.717, 1.165) is 76.7 Å². The Balaban J connectivity index is 1.19. The maximum atomic E-state index is 13.9. The normalized spacial score (nSPS) is 37.5. The van der Waals surface area contributed by atoms with E-state index in [-0.39, 0.29) is 47.9 Å². The summed E-state index contributed by atoms with van der Waals surface area (Å²) >= 11 is 0.